The molecule has 0 saturated carbocycles. The van der Waals surface area contributed by atoms with Crippen molar-refractivity contribution in [3.8, 4) is 0 Å². The molecule has 2 heterocycles. The average Bonchev–Trinajstić information content (AvgIpc) is 2.67. The second-order valence-electron chi connectivity index (χ2n) is 1.98. The van der Waals surface area contributed by atoms with Crippen molar-refractivity contribution < 1.29 is 0 Å². The van der Waals surface area contributed by atoms with Gasteiger partial charge in [0.1, 0.15) is 0 Å². The molecule has 0 spiro atoms. The predicted molar refractivity (Wildman–Crippen MR) is 50.0 cm³/mol. The van der Waals surface area contributed by atoms with Gasteiger partial charge in [-0.1, -0.05) is 0 Å². The molecule has 0 saturated heterocycles. The lowest BCUT2D eigenvalue weighted by atomic mass is 10.7. The lowest BCUT2D eigenvalue weighted by molar-refractivity contribution is 0.965. The third kappa shape index (κ3) is 5.66. The average molecular weight is 177 g/mol. The zero-order valence-electron chi connectivity index (χ0n) is 6.29. The summed E-state index contributed by atoms with van der Waals surface area (Å²) in [6, 6.07) is 0. The van der Waals surface area contributed by atoms with Crippen LogP contribution >= 0.6 is 12.4 Å². The molecule has 11 heavy (non-hydrogen) atoms. The molecule has 2 aliphatic rings. The molecule has 0 aromatic rings. The van der Waals surface area contributed by atoms with Crippen LogP contribution in [-0.4, -0.2) is 38.9 Å². The van der Waals surface area contributed by atoms with E-state index in [0.717, 1.165) is 26.2 Å². The van der Waals surface area contributed by atoms with Crippen LogP contribution in [0.1, 0.15) is 0 Å². The normalized spacial score (nSPS) is 17.5. The fourth-order valence-corrected chi connectivity index (χ4v) is 0.645. The Morgan fingerprint density at radius 2 is 1.36 bits per heavy atom. The maximum atomic E-state index is 3.85. The van der Waals surface area contributed by atoms with Crippen molar-refractivity contribution in [2.24, 2.45) is 9.98 Å². The minimum absolute atomic E-state index is 0. The predicted octanol–water partition coefficient (Wildman–Crippen LogP) is -0.342. The molecule has 4 nitrogen and oxygen atoms in total. The molecule has 0 atom stereocenters. The van der Waals surface area contributed by atoms with Gasteiger partial charge >= 0.3 is 0 Å². The van der Waals surface area contributed by atoms with E-state index in [4.69, 9.17) is 0 Å². The molecule has 0 bridgehead atoms. The summed E-state index contributed by atoms with van der Waals surface area (Å²) in [5, 5.41) is 5.86. The van der Waals surface area contributed by atoms with Crippen LogP contribution in [0.4, 0.5) is 0 Å². The number of hydrogen-bond acceptors (Lipinski definition) is 4. The van der Waals surface area contributed by atoms with Crippen molar-refractivity contribution in [3.05, 3.63) is 0 Å². The van der Waals surface area contributed by atoms with Gasteiger partial charge in [-0.25, -0.2) is 0 Å². The summed E-state index contributed by atoms with van der Waals surface area (Å²) < 4.78 is 0. The fourth-order valence-electron chi connectivity index (χ4n) is 0.645. The Balaban J connectivity index is 0.000000167. The first-order valence-electron chi connectivity index (χ1n) is 3.43. The topological polar surface area (TPSA) is 48.8 Å². The van der Waals surface area contributed by atoms with Gasteiger partial charge in [-0.05, 0) is 0 Å². The molecular weight excluding hydrogens is 164 g/mol. The van der Waals surface area contributed by atoms with Gasteiger partial charge < -0.3 is 10.6 Å². The zero-order chi connectivity index (χ0) is 7.07. The molecule has 0 aromatic heterocycles. The summed E-state index contributed by atoms with van der Waals surface area (Å²) in [5.74, 6) is 0. The second kappa shape index (κ2) is 7.34. The molecular formula is C6H13ClN4. The van der Waals surface area contributed by atoms with Gasteiger partial charge in [0.15, 0.2) is 0 Å². The van der Waals surface area contributed by atoms with E-state index in [-0.39, 0.29) is 12.4 Å². The molecule has 0 radical (unpaired) electrons. The highest BCUT2D eigenvalue weighted by Gasteiger charge is 1.82. The third-order valence-electron chi connectivity index (χ3n) is 1.14. The Labute approximate surface area is 72.6 Å². The van der Waals surface area contributed by atoms with Gasteiger partial charge in [-0.3, -0.25) is 9.98 Å². The summed E-state index contributed by atoms with van der Waals surface area (Å²) in [7, 11) is 0. The highest BCUT2D eigenvalue weighted by Crippen LogP contribution is 1.69. The number of aliphatic imine (C=N–C) groups is 2. The number of halogens is 1. The van der Waals surface area contributed by atoms with Gasteiger partial charge in [-0.2, -0.15) is 0 Å². The van der Waals surface area contributed by atoms with Crippen molar-refractivity contribution in [2.75, 3.05) is 26.2 Å². The molecule has 5 heteroatoms. The lowest BCUT2D eigenvalue weighted by Crippen LogP contribution is -2.04. The first kappa shape index (κ1) is 10.2. The van der Waals surface area contributed by atoms with Crippen LogP contribution in [0, 0.1) is 0 Å². The first-order valence-corrected chi connectivity index (χ1v) is 3.43. The van der Waals surface area contributed by atoms with Crippen molar-refractivity contribution >= 4 is 25.1 Å². The van der Waals surface area contributed by atoms with E-state index in [9.17, 15) is 0 Å². The fraction of sp³-hybridized carbons (Fsp3) is 0.667. The van der Waals surface area contributed by atoms with Crippen molar-refractivity contribution in [3.63, 3.8) is 0 Å². The molecule has 2 N–H and O–H groups in total. The van der Waals surface area contributed by atoms with Gasteiger partial charge in [-0.15, -0.1) is 12.4 Å². The highest BCUT2D eigenvalue weighted by atomic mass is 35.5. The Morgan fingerprint density at radius 1 is 0.909 bits per heavy atom. The van der Waals surface area contributed by atoms with Gasteiger partial charge in [0.25, 0.3) is 0 Å². The van der Waals surface area contributed by atoms with Crippen molar-refractivity contribution in [1.82, 2.24) is 10.6 Å². The molecule has 0 unspecified atom stereocenters. The van der Waals surface area contributed by atoms with E-state index in [1.54, 1.807) is 12.7 Å². The Bertz CT molecular complexity index is 107. The number of nitrogens with one attached hydrogen (secondary N) is 2. The lowest BCUT2D eigenvalue weighted by Gasteiger charge is -1.75. The van der Waals surface area contributed by atoms with Gasteiger partial charge in [0.05, 0.1) is 25.8 Å². The Kier molecular flexibility index (Phi) is 6.82. The number of rotatable bonds is 0. The summed E-state index contributed by atoms with van der Waals surface area (Å²) in [6.45, 7) is 3.97. The zero-order valence-corrected chi connectivity index (χ0v) is 7.10. The van der Waals surface area contributed by atoms with E-state index in [1.807, 2.05) is 0 Å². The standard InChI is InChI=1S/2C3H6N2.ClH/c2*1-2-5-3-4-1;/h2*3H,1-2H2,(H,4,5);1H. The molecule has 0 aliphatic carbocycles. The van der Waals surface area contributed by atoms with Crippen LogP contribution in [0.15, 0.2) is 9.98 Å². The molecule has 0 amide bonds. The summed E-state index contributed by atoms with van der Waals surface area (Å²) in [6.07, 6.45) is 3.47. The van der Waals surface area contributed by atoms with E-state index in [2.05, 4.69) is 20.6 Å². The van der Waals surface area contributed by atoms with E-state index >= 15 is 0 Å². The monoisotopic (exact) mass is 176 g/mol. The Morgan fingerprint density at radius 3 is 1.45 bits per heavy atom. The molecule has 2 aliphatic heterocycles. The van der Waals surface area contributed by atoms with E-state index < -0.39 is 0 Å². The minimum Gasteiger partial charge on any atom is -0.375 e. The van der Waals surface area contributed by atoms with Crippen molar-refractivity contribution in [2.45, 2.75) is 0 Å². The summed E-state index contributed by atoms with van der Waals surface area (Å²) in [4.78, 5) is 7.69. The minimum atomic E-state index is 0. The smallest absolute Gasteiger partial charge is 0.0825 e. The summed E-state index contributed by atoms with van der Waals surface area (Å²) in [5.41, 5.74) is 0. The Hall–Kier alpha value is -0.770. The largest absolute Gasteiger partial charge is 0.375 e. The molecule has 0 aromatic carbocycles. The number of nitrogens with zero attached hydrogens (tertiary/aromatic N) is 2. The second-order valence-corrected chi connectivity index (χ2v) is 1.98. The SMILES string of the molecule is C1=NCCN1.C1=NCCN1.Cl. The third-order valence-corrected chi connectivity index (χ3v) is 1.14. The van der Waals surface area contributed by atoms with Crippen LogP contribution in [0.25, 0.3) is 0 Å². The van der Waals surface area contributed by atoms with Gasteiger partial charge in [0.2, 0.25) is 0 Å². The molecule has 2 rings (SSSR count). The van der Waals surface area contributed by atoms with Crippen LogP contribution in [0.5, 0.6) is 0 Å². The van der Waals surface area contributed by atoms with Crippen LogP contribution in [-0.2, 0) is 0 Å². The highest BCUT2D eigenvalue weighted by molar-refractivity contribution is 5.85. The number of hydrogen-bond donors (Lipinski definition) is 2. The van der Waals surface area contributed by atoms with Gasteiger partial charge in [0, 0.05) is 13.1 Å². The van der Waals surface area contributed by atoms with Crippen molar-refractivity contribution in [1.29, 1.82) is 0 Å². The molecule has 0 fully saturated rings. The van der Waals surface area contributed by atoms with E-state index in [0.29, 0.717) is 0 Å². The maximum absolute atomic E-state index is 3.85. The first-order chi connectivity index (χ1) is 5.00. The maximum Gasteiger partial charge on any atom is 0.0825 e. The molecule has 64 valence electrons. The van der Waals surface area contributed by atoms with Crippen LogP contribution in [0.2, 0.25) is 0 Å². The quantitative estimate of drug-likeness (QED) is 0.531. The summed E-state index contributed by atoms with van der Waals surface area (Å²) >= 11 is 0. The van der Waals surface area contributed by atoms with Crippen LogP contribution < -0.4 is 10.6 Å². The van der Waals surface area contributed by atoms with E-state index in [1.165, 1.54) is 0 Å². The van der Waals surface area contributed by atoms with Crippen LogP contribution in [0.3, 0.4) is 0 Å².